The molecule has 0 amide bonds. The maximum Gasteiger partial charge on any atom is 0.351 e. The molecule has 0 bridgehead atoms. The minimum Gasteiger partial charge on any atom is -0.394 e. The van der Waals surface area contributed by atoms with Crippen LogP contribution in [-0.2, 0) is 4.74 Å². The van der Waals surface area contributed by atoms with Crippen molar-refractivity contribution < 1.29 is 23.0 Å². The van der Waals surface area contributed by atoms with Gasteiger partial charge in [0.05, 0.1) is 18.5 Å². The fourth-order valence-corrected chi connectivity index (χ4v) is 1.94. The van der Waals surface area contributed by atoms with E-state index in [1.54, 1.807) is 0 Å². The normalized spacial score (nSPS) is 26.7. The molecule has 2 heterocycles. The van der Waals surface area contributed by atoms with Crippen molar-refractivity contribution in [3.8, 4) is 12.1 Å². The Labute approximate surface area is 116 Å². The minimum atomic E-state index is -1.93. The van der Waals surface area contributed by atoms with E-state index >= 15 is 0 Å². The Bertz CT molecular complexity index is 692. The van der Waals surface area contributed by atoms with Crippen molar-refractivity contribution in [2.45, 2.75) is 18.5 Å². The molecule has 1 saturated heterocycles. The maximum absolute atomic E-state index is 13.8. The Morgan fingerprint density at radius 2 is 2.33 bits per heavy atom. The van der Waals surface area contributed by atoms with Gasteiger partial charge in [-0.05, 0) is 5.92 Å². The fraction of sp³-hybridized carbons (Fsp3) is 0.333. The highest BCUT2D eigenvalue weighted by atomic mass is 19.1. The van der Waals surface area contributed by atoms with E-state index in [4.69, 9.17) is 15.6 Å². The van der Waals surface area contributed by atoms with Gasteiger partial charge in [0.25, 0.3) is 0 Å². The SMILES string of the molecule is Nc1nc(=O)n(C2OC(CO)C(F)/C2=C\F)cc1C#CF. The van der Waals surface area contributed by atoms with Gasteiger partial charge in [0, 0.05) is 11.8 Å². The van der Waals surface area contributed by atoms with Gasteiger partial charge in [-0.1, -0.05) is 0 Å². The monoisotopic (exact) mass is 301 g/mol. The Morgan fingerprint density at radius 1 is 1.62 bits per heavy atom. The van der Waals surface area contributed by atoms with Crippen molar-refractivity contribution in [3.05, 3.63) is 34.1 Å². The summed E-state index contributed by atoms with van der Waals surface area (Å²) >= 11 is 0. The van der Waals surface area contributed by atoms with Crippen LogP contribution < -0.4 is 11.4 Å². The Morgan fingerprint density at radius 3 is 2.90 bits per heavy atom. The van der Waals surface area contributed by atoms with Crippen molar-refractivity contribution >= 4 is 5.82 Å². The number of nitrogens with two attached hydrogens (primary N) is 1. The molecule has 0 aliphatic carbocycles. The van der Waals surface area contributed by atoms with Gasteiger partial charge in [0.2, 0.25) is 0 Å². The van der Waals surface area contributed by atoms with Crippen LogP contribution in [0.25, 0.3) is 0 Å². The van der Waals surface area contributed by atoms with Crippen LogP contribution in [0.2, 0.25) is 0 Å². The highest BCUT2D eigenvalue weighted by Crippen LogP contribution is 2.35. The zero-order chi connectivity index (χ0) is 15.6. The number of aliphatic hydroxyl groups is 1. The number of aliphatic hydroxyl groups excluding tert-OH is 1. The number of rotatable bonds is 2. The summed E-state index contributed by atoms with van der Waals surface area (Å²) in [6, 6.07) is 0. The highest BCUT2D eigenvalue weighted by molar-refractivity contribution is 5.48. The second kappa shape index (κ2) is 5.99. The van der Waals surface area contributed by atoms with E-state index in [2.05, 4.69) is 4.98 Å². The fourth-order valence-electron chi connectivity index (χ4n) is 1.94. The summed E-state index contributed by atoms with van der Waals surface area (Å²) in [6.07, 6.45) is -2.68. The number of ether oxygens (including phenoxy) is 1. The van der Waals surface area contributed by atoms with E-state index < -0.39 is 36.4 Å². The first-order valence-corrected chi connectivity index (χ1v) is 5.74. The molecule has 3 atom stereocenters. The summed E-state index contributed by atoms with van der Waals surface area (Å²) in [6.45, 7) is -0.705. The van der Waals surface area contributed by atoms with E-state index in [0.29, 0.717) is 0 Å². The molecule has 1 fully saturated rings. The minimum absolute atomic E-state index is 0.0473. The largest absolute Gasteiger partial charge is 0.394 e. The molecule has 0 spiro atoms. The smallest absolute Gasteiger partial charge is 0.351 e. The molecule has 1 aliphatic heterocycles. The van der Waals surface area contributed by atoms with Gasteiger partial charge in [-0.3, -0.25) is 4.57 Å². The van der Waals surface area contributed by atoms with Crippen LogP contribution in [0.4, 0.5) is 19.0 Å². The summed E-state index contributed by atoms with van der Waals surface area (Å²) < 4.78 is 44.5. The van der Waals surface area contributed by atoms with Gasteiger partial charge in [-0.25, -0.2) is 13.6 Å². The topological polar surface area (TPSA) is 90.4 Å². The van der Waals surface area contributed by atoms with Gasteiger partial charge < -0.3 is 15.6 Å². The molecule has 112 valence electrons. The number of hydrogen-bond acceptors (Lipinski definition) is 5. The molecule has 1 aliphatic rings. The van der Waals surface area contributed by atoms with Crippen molar-refractivity contribution in [2.75, 3.05) is 12.3 Å². The van der Waals surface area contributed by atoms with Crippen LogP contribution in [0.5, 0.6) is 0 Å². The van der Waals surface area contributed by atoms with Gasteiger partial charge in [0.15, 0.2) is 12.4 Å². The maximum atomic E-state index is 13.8. The van der Waals surface area contributed by atoms with E-state index in [1.807, 2.05) is 5.92 Å². The van der Waals surface area contributed by atoms with Gasteiger partial charge in [-0.15, -0.1) is 4.39 Å². The number of alkyl halides is 1. The Hall–Kier alpha value is -2.31. The zero-order valence-corrected chi connectivity index (χ0v) is 10.5. The average Bonchev–Trinajstić information content (AvgIpc) is 2.78. The predicted molar refractivity (Wildman–Crippen MR) is 66.0 cm³/mol. The molecular weight excluding hydrogens is 291 g/mol. The molecular formula is C12H10F3N3O3. The number of nitrogens with zero attached hydrogens (tertiary/aromatic N) is 2. The number of halogens is 3. The molecule has 1 aromatic rings. The summed E-state index contributed by atoms with van der Waals surface area (Å²) in [7, 11) is 0. The lowest BCUT2D eigenvalue weighted by Crippen LogP contribution is -2.29. The molecule has 3 N–H and O–H groups in total. The molecule has 1 aromatic heterocycles. The van der Waals surface area contributed by atoms with Gasteiger partial charge in [0.1, 0.15) is 18.1 Å². The number of hydrogen-bond donors (Lipinski definition) is 2. The lowest BCUT2D eigenvalue weighted by molar-refractivity contribution is -0.0322. The summed E-state index contributed by atoms with van der Waals surface area (Å²) in [5, 5.41) is 8.96. The van der Waals surface area contributed by atoms with Crippen LogP contribution in [0.1, 0.15) is 11.8 Å². The van der Waals surface area contributed by atoms with E-state index in [-0.39, 0.29) is 17.7 Å². The lowest BCUT2D eigenvalue weighted by atomic mass is 10.1. The first-order chi connectivity index (χ1) is 10.0. The molecule has 0 aromatic carbocycles. The van der Waals surface area contributed by atoms with Crippen LogP contribution in [0.15, 0.2) is 22.9 Å². The number of anilines is 1. The van der Waals surface area contributed by atoms with Crippen molar-refractivity contribution in [1.82, 2.24) is 9.55 Å². The summed E-state index contributed by atoms with van der Waals surface area (Å²) in [4.78, 5) is 15.1. The van der Waals surface area contributed by atoms with E-state index in [1.165, 1.54) is 0 Å². The Balaban J connectivity index is 2.53. The molecule has 2 rings (SSSR count). The van der Waals surface area contributed by atoms with E-state index in [9.17, 15) is 18.0 Å². The third kappa shape index (κ3) is 2.63. The van der Waals surface area contributed by atoms with Crippen LogP contribution >= 0.6 is 0 Å². The molecule has 21 heavy (non-hydrogen) atoms. The third-order valence-corrected chi connectivity index (χ3v) is 2.96. The Kier molecular flexibility index (Phi) is 4.30. The first kappa shape index (κ1) is 15.1. The second-order valence-electron chi connectivity index (χ2n) is 4.17. The summed E-state index contributed by atoms with van der Waals surface area (Å²) in [5.74, 6) is 1.64. The molecule has 0 radical (unpaired) electrons. The number of nitrogen functional groups attached to an aromatic ring is 1. The average molecular weight is 301 g/mol. The molecule has 0 saturated carbocycles. The second-order valence-corrected chi connectivity index (χ2v) is 4.17. The van der Waals surface area contributed by atoms with Crippen LogP contribution in [0, 0.1) is 12.1 Å². The van der Waals surface area contributed by atoms with Gasteiger partial charge >= 0.3 is 5.69 Å². The predicted octanol–water partition coefficient (Wildman–Crippen LogP) is 0.185. The third-order valence-electron chi connectivity index (χ3n) is 2.96. The van der Waals surface area contributed by atoms with Crippen molar-refractivity contribution in [2.24, 2.45) is 0 Å². The standard InChI is InChI=1S/C12H10F3N3O3/c13-2-1-6-4-18(12(20)17-10(6)16)11-7(3-14)9(15)8(5-19)21-11/h3-4,8-9,11,19H,5H2,(H2,16,17,20)/b7-3+. The number of aromatic nitrogens is 2. The zero-order valence-electron chi connectivity index (χ0n) is 10.5. The quantitative estimate of drug-likeness (QED) is 0.761. The van der Waals surface area contributed by atoms with E-state index in [0.717, 1.165) is 16.9 Å². The lowest BCUT2D eigenvalue weighted by Gasteiger charge is -2.15. The van der Waals surface area contributed by atoms with Gasteiger partial charge in [-0.2, -0.15) is 4.98 Å². The summed E-state index contributed by atoms with van der Waals surface area (Å²) in [5.41, 5.74) is 3.80. The molecule has 6 nitrogen and oxygen atoms in total. The molecule has 3 unspecified atom stereocenters. The first-order valence-electron chi connectivity index (χ1n) is 5.74. The van der Waals surface area contributed by atoms with Crippen LogP contribution in [-0.4, -0.2) is 33.5 Å². The van der Waals surface area contributed by atoms with Crippen LogP contribution in [0.3, 0.4) is 0 Å². The van der Waals surface area contributed by atoms with Crippen molar-refractivity contribution in [1.29, 1.82) is 0 Å². The highest BCUT2D eigenvalue weighted by Gasteiger charge is 2.41. The molecule has 9 heteroatoms. The van der Waals surface area contributed by atoms with Crippen molar-refractivity contribution in [3.63, 3.8) is 0 Å².